The predicted octanol–water partition coefficient (Wildman–Crippen LogP) is 1.86. The average Bonchev–Trinajstić information content (AvgIpc) is 2.18. The highest BCUT2D eigenvalue weighted by atomic mass is 32.2. The molecule has 0 heterocycles. The third kappa shape index (κ3) is 2.26. The molecule has 0 saturated heterocycles. The molecule has 0 unspecified atom stereocenters. The van der Waals surface area contributed by atoms with Crippen LogP contribution in [0.15, 0.2) is 29.2 Å². The van der Waals surface area contributed by atoms with Gasteiger partial charge < -0.3 is 4.74 Å². The molecule has 0 amide bonds. The average molecular weight is 197 g/mol. The molecule has 1 aromatic carbocycles. The van der Waals surface area contributed by atoms with Crippen LogP contribution in [-0.4, -0.2) is 25.9 Å². The summed E-state index contributed by atoms with van der Waals surface area (Å²) in [5, 5.41) is 0. The Morgan fingerprint density at radius 3 is 2.62 bits per heavy atom. The van der Waals surface area contributed by atoms with Crippen molar-refractivity contribution in [3.8, 4) is 5.75 Å². The van der Waals surface area contributed by atoms with Crippen LogP contribution in [0.3, 0.4) is 0 Å². The summed E-state index contributed by atoms with van der Waals surface area (Å²) in [4.78, 5) is 1.09. The van der Waals surface area contributed by atoms with Crippen LogP contribution >= 0.6 is 9.39 Å². The Morgan fingerprint density at radius 1 is 1.38 bits per heavy atom. The lowest BCUT2D eigenvalue weighted by Gasteiger charge is -2.14. The van der Waals surface area contributed by atoms with Gasteiger partial charge in [-0.3, -0.25) is 4.72 Å². The molecule has 0 spiro atoms. The molecule has 0 atom stereocenters. The van der Waals surface area contributed by atoms with Crippen LogP contribution in [0.4, 0.5) is 0 Å². The van der Waals surface area contributed by atoms with Crippen LogP contribution in [0.25, 0.3) is 0 Å². The van der Waals surface area contributed by atoms with Crippen LogP contribution in [0.5, 0.6) is 5.75 Å². The van der Waals surface area contributed by atoms with Gasteiger partial charge in [0.15, 0.2) is 0 Å². The van der Waals surface area contributed by atoms with Gasteiger partial charge in [0, 0.05) is 4.90 Å². The van der Waals surface area contributed by atoms with E-state index in [-0.39, 0.29) is 0 Å². The first-order valence-electron chi connectivity index (χ1n) is 3.92. The van der Waals surface area contributed by atoms with Gasteiger partial charge in [-0.15, -0.1) is 9.39 Å². The molecule has 0 aromatic heterocycles. The minimum absolute atomic E-state index is 0.844. The highest BCUT2D eigenvalue weighted by Crippen LogP contribution is 2.29. The summed E-state index contributed by atoms with van der Waals surface area (Å²) in [6, 6.07) is 7.83. The number of rotatable bonds is 3. The fourth-order valence-corrected chi connectivity index (χ4v) is 1.88. The van der Waals surface area contributed by atoms with E-state index in [0.717, 1.165) is 10.6 Å². The fraction of sp³-hybridized carbons (Fsp3) is 0.200. The third-order valence-electron chi connectivity index (χ3n) is 1.88. The molecule has 3 heteroatoms. The highest BCUT2D eigenvalue weighted by molar-refractivity contribution is 8.26. The van der Waals surface area contributed by atoms with Gasteiger partial charge in [0.2, 0.25) is 0 Å². The molecule has 0 aliphatic heterocycles. The highest BCUT2D eigenvalue weighted by Gasteiger charge is 1.99. The Morgan fingerprint density at radius 2 is 2.08 bits per heavy atom. The Labute approximate surface area is 80.2 Å². The standard InChI is InChI=1S/C10H15NOS/c1-11-13(3,4)10-7-5-6-9(8-10)12-2/h5-8,11H,3-4H2,1-2H3. The molecule has 1 N–H and O–H groups in total. The maximum atomic E-state index is 5.12. The second-order valence-corrected chi connectivity index (χ2v) is 5.41. The van der Waals surface area contributed by atoms with E-state index in [1.54, 1.807) is 7.11 Å². The molecule has 0 saturated carbocycles. The maximum absolute atomic E-state index is 5.12. The second-order valence-electron chi connectivity index (χ2n) is 2.77. The Bertz CT molecular complexity index is 382. The molecule has 0 fully saturated rings. The van der Waals surface area contributed by atoms with Crippen molar-refractivity contribution in [2.24, 2.45) is 0 Å². The monoisotopic (exact) mass is 197 g/mol. The number of nitrogens with one attached hydrogen (secondary N) is 1. The first-order valence-corrected chi connectivity index (χ1v) is 5.89. The molecule has 0 aliphatic rings. The first-order chi connectivity index (χ1) is 6.10. The largest absolute Gasteiger partial charge is 0.497 e. The van der Waals surface area contributed by atoms with Crippen molar-refractivity contribution >= 4 is 21.1 Å². The molecular weight excluding hydrogens is 182 g/mol. The summed E-state index contributed by atoms with van der Waals surface area (Å²) in [6.45, 7) is 0. The Hall–Kier alpha value is -0.930. The van der Waals surface area contributed by atoms with Crippen molar-refractivity contribution in [3.05, 3.63) is 24.3 Å². The minimum atomic E-state index is -1.36. The molecule has 0 aliphatic carbocycles. The van der Waals surface area contributed by atoms with E-state index in [9.17, 15) is 0 Å². The SMILES string of the molecule is C=S(=C)(NC)c1cccc(OC)c1. The molecule has 1 aromatic rings. The van der Waals surface area contributed by atoms with Crippen LogP contribution in [0, 0.1) is 0 Å². The van der Waals surface area contributed by atoms with Crippen molar-refractivity contribution in [2.75, 3.05) is 14.2 Å². The topological polar surface area (TPSA) is 21.3 Å². The van der Waals surface area contributed by atoms with Crippen LogP contribution in [0.2, 0.25) is 0 Å². The van der Waals surface area contributed by atoms with Crippen LogP contribution < -0.4 is 9.46 Å². The van der Waals surface area contributed by atoms with Gasteiger partial charge >= 0.3 is 0 Å². The lowest BCUT2D eigenvalue weighted by molar-refractivity contribution is 0.413. The summed E-state index contributed by atoms with van der Waals surface area (Å²) >= 11 is 0. The molecule has 72 valence electrons. The molecular formula is C10H15NOS. The van der Waals surface area contributed by atoms with Crippen molar-refractivity contribution in [3.63, 3.8) is 0 Å². The number of hydrogen-bond donors (Lipinski definition) is 1. The second kappa shape index (κ2) is 3.85. The van der Waals surface area contributed by atoms with E-state index >= 15 is 0 Å². The zero-order valence-corrected chi connectivity index (χ0v) is 8.86. The van der Waals surface area contributed by atoms with Crippen molar-refractivity contribution < 1.29 is 4.74 Å². The zero-order valence-electron chi connectivity index (χ0n) is 8.04. The Kier molecular flexibility index (Phi) is 3.01. The Balaban J connectivity index is 3.17. The van der Waals surface area contributed by atoms with E-state index in [0.29, 0.717) is 0 Å². The van der Waals surface area contributed by atoms with Gasteiger partial charge in [-0.1, -0.05) is 17.8 Å². The number of methoxy groups -OCH3 is 1. The summed E-state index contributed by atoms with van der Waals surface area (Å²) in [5.41, 5.74) is 0. The molecule has 1 rings (SSSR count). The number of ether oxygens (including phenoxy) is 1. The van der Waals surface area contributed by atoms with Gasteiger partial charge in [-0.25, -0.2) is 0 Å². The van der Waals surface area contributed by atoms with Crippen LogP contribution in [-0.2, 0) is 0 Å². The minimum Gasteiger partial charge on any atom is -0.497 e. The van der Waals surface area contributed by atoms with E-state index < -0.39 is 9.39 Å². The summed E-state index contributed by atoms with van der Waals surface area (Å²) in [7, 11) is 2.16. The number of hydrogen-bond acceptors (Lipinski definition) is 2. The summed E-state index contributed by atoms with van der Waals surface area (Å²) in [6.07, 6.45) is 0. The van der Waals surface area contributed by atoms with Gasteiger partial charge in [-0.2, -0.15) is 0 Å². The van der Waals surface area contributed by atoms with E-state index in [1.807, 2.05) is 31.3 Å². The fourth-order valence-electron chi connectivity index (χ4n) is 0.962. The first kappa shape index (κ1) is 10.2. The summed E-state index contributed by atoms with van der Waals surface area (Å²) < 4.78 is 8.24. The van der Waals surface area contributed by atoms with Gasteiger partial charge in [0.25, 0.3) is 0 Å². The van der Waals surface area contributed by atoms with Gasteiger partial charge in [-0.05, 0) is 25.2 Å². The molecule has 0 bridgehead atoms. The summed E-state index contributed by atoms with van der Waals surface area (Å²) in [5.74, 6) is 8.92. The molecule has 0 radical (unpaired) electrons. The van der Waals surface area contributed by atoms with E-state index in [1.165, 1.54) is 0 Å². The van der Waals surface area contributed by atoms with Crippen molar-refractivity contribution in [1.82, 2.24) is 4.72 Å². The van der Waals surface area contributed by atoms with Crippen LogP contribution in [0.1, 0.15) is 0 Å². The van der Waals surface area contributed by atoms with Gasteiger partial charge in [0.05, 0.1) is 7.11 Å². The quantitative estimate of drug-likeness (QED) is 0.747. The smallest absolute Gasteiger partial charge is 0.119 e. The lowest BCUT2D eigenvalue weighted by atomic mass is 10.3. The van der Waals surface area contributed by atoms with Gasteiger partial charge in [0.1, 0.15) is 5.75 Å². The van der Waals surface area contributed by atoms with E-state index in [4.69, 9.17) is 4.74 Å². The predicted molar refractivity (Wildman–Crippen MR) is 62.2 cm³/mol. The maximum Gasteiger partial charge on any atom is 0.119 e. The van der Waals surface area contributed by atoms with Crippen molar-refractivity contribution in [1.29, 1.82) is 0 Å². The molecule has 13 heavy (non-hydrogen) atoms. The van der Waals surface area contributed by atoms with E-state index in [2.05, 4.69) is 16.5 Å². The lowest BCUT2D eigenvalue weighted by Crippen LogP contribution is -2.01. The van der Waals surface area contributed by atoms with Crippen molar-refractivity contribution in [2.45, 2.75) is 4.90 Å². The zero-order chi connectivity index (χ0) is 9.90. The normalized spacial score (nSPS) is 11.2. The molecule has 2 nitrogen and oxygen atoms in total. The number of benzene rings is 1. The third-order valence-corrected chi connectivity index (χ3v) is 3.82.